The molecule has 38 heavy (non-hydrogen) atoms. The average molecular weight is 543 g/mol. The summed E-state index contributed by atoms with van der Waals surface area (Å²) in [6.07, 6.45) is 5.81. The zero-order valence-corrected chi connectivity index (χ0v) is 22.5. The summed E-state index contributed by atoms with van der Waals surface area (Å²) in [4.78, 5) is 32.2. The van der Waals surface area contributed by atoms with E-state index in [1.54, 1.807) is 16.7 Å². The van der Waals surface area contributed by atoms with Gasteiger partial charge in [-0.1, -0.05) is 35.9 Å². The van der Waals surface area contributed by atoms with Crippen molar-refractivity contribution in [3.05, 3.63) is 107 Å². The molecular formula is C30H27ClN4O2S. The number of fused-ring (bicyclic) bond motifs is 3. The van der Waals surface area contributed by atoms with E-state index in [0.29, 0.717) is 10.7 Å². The SMILES string of the molecule is CSc1ccc(NC(=O)N(CC(=O)N2c3ccccc3-n3cccc3[C@@H]2c2cccc(Cl)c2)C2CC2)cc1. The number of thioether (sulfide) groups is 1. The highest BCUT2D eigenvalue weighted by Crippen LogP contribution is 2.43. The largest absolute Gasteiger partial charge is 0.322 e. The van der Waals surface area contributed by atoms with Crippen LogP contribution in [0.2, 0.25) is 5.02 Å². The highest BCUT2D eigenvalue weighted by atomic mass is 35.5. The number of nitrogens with one attached hydrogen (secondary N) is 1. The van der Waals surface area contributed by atoms with E-state index in [1.807, 2.05) is 102 Å². The number of nitrogens with zero attached hydrogens (tertiary/aromatic N) is 3. The summed E-state index contributed by atoms with van der Waals surface area (Å²) in [6, 6.07) is 26.7. The molecule has 1 N–H and O–H groups in total. The summed E-state index contributed by atoms with van der Waals surface area (Å²) >= 11 is 8.04. The number of hydrogen-bond acceptors (Lipinski definition) is 3. The minimum absolute atomic E-state index is 0.0223. The fourth-order valence-corrected chi connectivity index (χ4v) is 5.71. The van der Waals surface area contributed by atoms with Crippen LogP contribution >= 0.6 is 23.4 Å². The second-order valence-electron chi connectivity index (χ2n) is 9.53. The van der Waals surface area contributed by atoms with Crippen molar-refractivity contribution in [2.24, 2.45) is 0 Å². The normalized spacial score (nSPS) is 15.9. The number of rotatable bonds is 6. The number of carbonyl (C=O) groups excluding carboxylic acids is 2. The van der Waals surface area contributed by atoms with Crippen molar-refractivity contribution in [3.63, 3.8) is 0 Å². The van der Waals surface area contributed by atoms with E-state index in [2.05, 4.69) is 9.88 Å². The predicted octanol–water partition coefficient (Wildman–Crippen LogP) is 6.99. The van der Waals surface area contributed by atoms with E-state index in [9.17, 15) is 9.59 Å². The molecule has 0 spiro atoms. The van der Waals surface area contributed by atoms with E-state index in [1.165, 1.54) is 0 Å². The molecule has 6 rings (SSSR count). The summed E-state index contributed by atoms with van der Waals surface area (Å²) in [5.74, 6) is -0.144. The van der Waals surface area contributed by atoms with Crippen molar-refractivity contribution in [1.82, 2.24) is 9.47 Å². The van der Waals surface area contributed by atoms with Crippen LogP contribution in [0.4, 0.5) is 16.2 Å². The van der Waals surface area contributed by atoms with Gasteiger partial charge in [-0.25, -0.2) is 4.79 Å². The molecule has 1 atom stereocenters. The van der Waals surface area contributed by atoms with Gasteiger partial charge in [0.05, 0.1) is 17.1 Å². The van der Waals surface area contributed by atoms with Crippen molar-refractivity contribution in [2.75, 3.05) is 23.0 Å². The van der Waals surface area contributed by atoms with Gasteiger partial charge in [-0.2, -0.15) is 0 Å². The molecule has 1 aromatic heterocycles. The molecule has 6 nitrogen and oxygen atoms in total. The van der Waals surface area contributed by atoms with Crippen molar-refractivity contribution < 1.29 is 9.59 Å². The summed E-state index contributed by atoms with van der Waals surface area (Å²) in [5.41, 5.74) is 4.32. The maximum Gasteiger partial charge on any atom is 0.322 e. The Kier molecular flexibility index (Phi) is 6.64. The number of urea groups is 1. The van der Waals surface area contributed by atoms with Crippen LogP contribution in [0, 0.1) is 0 Å². The van der Waals surface area contributed by atoms with Crippen LogP contribution in [0.5, 0.6) is 0 Å². The summed E-state index contributed by atoms with van der Waals surface area (Å²) in [6.45, 7) is -0.0223. The molecule has 0 bridgehead atoms. The maximum absolute atomic E-state index is 14.2. The quantitative estimate of drug-likeness (QED) is 0.267. The van der Waals surface area contributed by atoms with Gasteiger partial charge in [-0.05, 0) is 85.3 Å². The highest BCUT2D eigenvalue weighted by molar-refractivity contribution is 7.98. The van der Waals surface area contributed by atoms with E-state index < -0.39 is 0 Å². The Bertz CT molecular complexity index is 1500. The van der Waals surface area contributed by atoms with E-state index in [-0.39, 0.29) is 30.6 Å². The maximum atomic E-state index is 14.2. The summed E-state index contributed by atoms with van der Waals surface area (Å²) in [7, 11) is 0. The molecule has 0 unspecified atom stereocenters. The number of benzene rings is 3. The van der Waals surface area contributed by atoms with E-state index in [0.717, 1.165) is 40.4 Å². The van der Waals surface area contributed by atoms with E-state index in [4.69, 9.17) is 11.6 Å². The first kappa shape index (κ1) is 24.6. The van der Waals surface area contributed by atoms with Gasteiger partial charge >= 0.3 is 6.03 Å². The van der Waals surface area contributed by atoms with Gasteiger partial charge in [0, 0.05) is 27.8 Å². The monoisotopic (exact) mass is 542 g/mol. The third-order valence-corrected chi connectivity index (χ3v) is 8.03. The minimum atomic E-state index is -0.380. The van der Waals surface area contributed by atoms with Crippen molar-refractivity contribution in [2.45, 2.75) is 29.8 Å². The lowest BCUT2D eigenvalue weighted by molar-refractivity contribution is -0.119. The smallest absolute Gasteiger partial charge is 0.316 e. The Balaban J connectivity index is 1.34. The van der Waals surface area contributed by atoms with Gasteiger partial charge < -0.3 is 14.8 Å². The molecule has 1 aliphatic carbocycles. The average Bonchev–Trinajstić information content (AvgIpc) is 3.66. The molecule has 0 radical (unpaired) electrons. The standard InChI is InChI=1S/C30H27ClN4O2S/c1-38-24-15-11-22(12-16-24)32-30(37)34(23-13-14-23)19-28(36)35-26-9-3-2-8-25(26)33-17-5-10-27(33)29(35)20-6-4-7-21(31)18-20/h2-12,15-18,23,29H,13-14,19H2,1H3,(H,32,37)/t29-/m0/s1. The first-order chi connectivity index (χ1) is 18.5. The predicted molar refractivity (Wildman–Crippen MR) is 154 cm³/mol. The lowest BCUT2D eigenvalue weighted by Crippen LogP contribution is -2.48. The summed E-state index contributed by atoms with van der Waals surface area (Å²) in [5, 5.41) is 3.60. The lowest BCUT2D eigenvalue weighted by atomic mass is 9.97. The Hall–Kier alpha value is -3.68. The second-order valence-corrected chi connectivity index (χ2v) is 10.8. The first-order valence-electron chi connectivity index (χ1n) is 12.6. The van der Waals surface area contributed by atoms with Crippen LogP contribution in [0.15, 0.2) is 96.0 Å². The number of halogens is 1. The van der Waals surface area contributed by atoms with Gasteiger partial charge in [0.1, 0.15) is 12.6 Å². The molecule has 3 amide bonds. The zero-order chi connectivity index (χ0) is 26.2. The molecule has 1 fully saturated rings. The van der Waals surface area contributed by atoms with Crippen molar-refractivity contribution in [1.29, 1.82) is 0 Å². The minimum Gasteiger partial charge on any atom is -0.316 e. The topological polar surface area (TPSA) is 57.6 Å². The summed E-state index contributed by atoms with van der Waals surface area (Å²) < 4.78 is 2.12. The van der Waals surface area contributed by atoms with Crippen LogP contribution < -0.4 is 10.2 Å². The molecule has 0 saturated heterocycles. The molecule has 2 aliphatic rings. The van der Waals surface area contributed by atoms with Crippen molar-refractivity contribution in [3.8, 4) is 5.69 Å². The van der Waals surface area contributed by atoms with Gasteiger partial charge in [0.2, 0.25) is 5.91 Å². The Morgan fingerprint density at radius 1 is 0.974 bits per heavy atom. The Morgan fingerprint density at radius 2 is 1.74 bits per heavy atom. The van der Waals surface area contributed by atoms with Crippen LogP contribution in [0.25, 0.3) is 5.69 Å². The third kappa shape index (κ3) is 4.68. The number of amides is 3. The highest BCUT2D eigenvalue weighted by Gasteiger charge is 2.40. The van der Waals surface area contributed by atoms with Crippen molar-refractivity contribution >= 4 is 46.7 Å². The van der Waals surface area contributed by atoms with Crippen LogP contribution in [0.1, 0.15) is 30.1 Å². The molecular weight excluding hydrogens is 516 g/mol. The molecule has 1 saturated carbocycles. The number of para-hydroxylation sites is 2. The van der Waals surface area contributed by atoms with Gasteiger partial charge in [0.15, 0.2) is 0 Å². The molecule has 2 heterocycles. The zero-order valence-electron chi connectivity index (χ0n) is 20.9. The fourth-order valence-electron chi connectivity index (χ4n) is 5.10. The second kappa shape index (κ2) is 10.2. The number of aromatic nitrogens is 1. The number of anilines is 2. The Labute approximate surface area is 231 Å². The van der Waals surface area contributed by atoms with Crippen LogP contribution in [-0.4, -0.2) is 40.2 Å². The van der Waals surface area contributed by atoms with Gasteiger partial charge in [0.25, 0.3) is 0 Å². The Morgan fingerprint density at radius 3 is 2.45 bits per heavy atom. The number of carbonyl (C=O) groups is 2. The molecule has 3 aromatic carbocycles. The van der Waals surface area contributed by atoms with Crippen LogP contribution in [-0.2, 0) is 4.79 Å². The number of hydrogen-bond donors (Lipinski definition) is 1. The third-order valence-electron chi connectivity index (χ3n) is 7.05. The lowest BCUT2D eigenvalue weighted by Gasteiger charge is -2.39. The first-order valence-corrected chi connectivity index (χ1v) is 14.2. The van der Waals surface area contributed by atoms with E-state index >= 15 is 0 Å². The molecule has 4 aromatic rings. The van der Waals surface area contributed by atoms with Gasteiger partial charge in [-0.3, -0.25) is 9.69 Å². The molecule has 8 heteroatoms. The molecule has 192 valence electrons. The fraction of sp³-hybridized carbons (Fsp3) is 0.200. The molecule has 1 aliphatic heterocycles. The van der Waals surface area contributed by atoms with Crippen LogP contribution in [0.3, 0.4) is 0 Å². The van der Waals surface area contributed by atoms with Gasteiger partial charge in [-0.15, -0.1) is 11.8 Å².